The molecule has 4 aromatic rings. The van der Waals surface area contributed by atoms with E-state index in [1.165, 1.54) is 11.3 Å². The Bertz CT molecular complexity index is 1210. The van der Waals surface area contributed by atoms with Crippen LogP contribution in [0.15, 0.2) is 78.0 Å². The number of para-hydroxylation sites is 1. The molecule has 0 atom stereocenters. The van der Waals surface area contributed by atoms with Crippen molar-refractivity contribution in [3.63, 3.8) is 0 Å². The van der Waals surface area contributed by atoms with E-state index in [4.69, 9.17) is 4.84 Å². The maximum atomic E-state index is 12.7. The Morgan fingerprint density at radius 1 is 0.821 bits per heavy atom. The molecule has 1 aromatic heterocycles. The molecule has 5 nitrogen and oxygen atoms in total. The summed E-state index contributed by atoms with van der Waals surface area (Å²) in [7, 11) is 0. The summed E-state index contributed by atoms with van der Waals surface area (Å²) in [4.78, 5) is 34.8. The van der Waals surface area contributed by atoms with Gasteiger partial charge in [0.25, 0.3) is 0 Å². The lowest BCUT2D eigenvalue weighted by Crippen LogP contribution is -2.22. The highest BCUT2D eigenvalue weighted by Crippen LogP contribution is 2.28. The quantitative estimate of drug-likeness (QED) is 0.333. The second kappa shape index (κ2) is 6.51. The Balaban J connectivity index is 1.55. The first-order valence-electron chi connectivity index (χ1n) is 8.61. The number of hydrogen-bond acceptors (Lipinski definition) is 6. The zero-order valence-corrected chi connectivity index (χ0v) is 15.3. The van der Waals surface area contributed by atoms with Crippen LogP contribution in [0.5, 0.6) is 0 Å². The van der Waals surface area contributed by atoms with Gasteiger partial charge in [-0.1, -0.05) is 65.8 Å². The maximum Gasteiger partial charge on any atom is 0.394 e. The van der Waals surface area contributed by atoms with E-state index in [0.717, 1.165) is 10.2 Å². The molecule has 0 N–H and O–H groups in total. The van der Waals surface area contributed by atoms with Gasteiger partial charge in [-0.2, -0.15) is 0 Å². The van der Waals surface area contributed by atoms with Crippen LogP contribution in [0.25, 0.3) is 10.2 Å². The van der Waals surface area contributed by atoms with Gasteiger partial charge in [-0.3, -0.25) is 4.79 Å². The average molecular weight is 384 g/mol. The van der Waals surface area contributed by atoms with Crippen molar-refractivity contribution in [1.82, 2.24) is 4.98 Å². The zero-order chi connectivity index (χ0) is 19.1. The lowest BCUT2D eigenvalue weighted by Gasteiger charge is -2.19. The fourth-order valence-electron chi connectivity index (χ4n) is 3.25. The van der Waals surface area contributed by atoms with Crippen LogP contribution in [0.4, 0.5) is 0 Å². The molecule has 6 heteroatoms. The molecular formula is C22H12N2O3S. The SMILES string of the molecule is O=C(ON=C1c2ccccc2C(=O)c2ccccc21)c1nc2ccccc2s1. The van der Waals surface area contributed by atoms with Crippen LogP contribution in [0.1, 0.15) is 36.9 Å². The fraction of sp³-hybridized carbons (Fsp3) is 0. The van der Waals surface area contributed by atoms with E-state index in [0.29, 0.717) is 28.0 Å². The fourth-order valence-corrected chi connectivity index (χ4v) is 4.09. The van der Waals surface area contributed by atoms with Crippen LogP contribution >= 0.6 is 11.3 Å². The van der Waals surface area contributed by atoms with Gasteiger partial charge in [-0.15, -0.1) is 11.3 Å². The zero-order valence-electron chi connectivity index (χ0n) is 14.5. The van der Waals surface area contributed by atoms with Crippen LogP contribution in [-0.4, -0.2) is 22.4 Å². The number of carbonyl (C=O) groups is 2. The van der Waals surface area contributed by atoms with Gasteiger partial charge in [0.2, 0.25) is 5.01 Å². The van der Waals surface area contributed by atoms with Crippen molar-refractivity contribution in [2.24, 2.45) is 5.16 Å². The number of fused-ring (bicyclic) bond motifs is 3. The van der Waals surface area contributed by atoms with Crippen LogP contribution in [-0.2, 0) is 4.84 Å². The summed E-state index contributed by atoms with van der Waals surface area (Å²) in [6.07, 6.45) is 0. The molecule has 134 valence electrons. The molecular weight excluding hydrogens is 372 g/mol. The predicted octanol–water partition coefficient (Wildman–Crippen LogP) is 4.45. The Morgan fingerprint density at radius 3 is 2.04 bits per heavy atom. The molecule has 0 aliphatic heterocycles. The summed E-state index contributed by atoms with van der Waals surface area (Å²) >= 11 is 1.25. The molecule has 1 aliphatic rings. The highest BCUT2D eigenvalue weighted by molar-refractivity contribution is 7.20. The number of rotatable bonds is 2. The number of aromatic nitrogens is 1. The summed E-state index contributed by atoms with van der Waals surface area (Å²) in [5.74, 6) is -0.691. The Labute approximate surface area is 163 Å². The first kappa shape index (κ1) is 16.5. The van der Waals surface area contributed by atoms with Gasteiger partial charge in [0, 0.05) is 22.3 Å². The molecule has 0 amide bonds. The summed E-state index contributed by atoms with van der Waals surface area (Å²) in [5, 5.41) is 4.36. The highest BCUT2D eigenvalue weighted by atomic mass is 32.1. The number of oxime groups is 1. The lowest BCUT2D eigenvalue weighted by atomic mass is 9.84. The minimum atomic E-state index is -0.624. The largest absolute Gasteiger partial charge is 0.394 e. The van der Waals surface area contributed by atoms with Crippen molar-refractivity contribution in [3.05, 3.63) is 100 Å². The van der Waals surface area contributed by atoms with E-state index in [2.05, 4.69) is 10.1 Å². The Hall–Kier alpha value is -3.64. The molecule has 5 rings (SSSR count). The molecule has 1 aliphatic carbocycles. The van der Waals surface area contributed by atoms with Crippen LogP contribution in [0, 0.1) is 0 Å². The number of carbonyl (C=O) groups excluding carboxylic acids is 2. The molecule has 1 heterocycles. The molecule has 0 saturated carbocycles. The monoisotopic (exact) mass is 384 g/mol. The summed E-state index contributed by atoms with van der Waals surface area (Å²) in [6.45, 7) is 0. The molecule has 0 saturated heterocycles. The maximum absolute atomic E-state index is 12.7. The van der Waals surface area contributed by atoms with Gasteiger partial charge in [0.15, 0.2) is 5.78 Å². The molecule has 0 bridgehead atoms. The molecule has 0 spiro atoms. The Kier molecular flexibility index (Phi) is 3.84. The predicted molar refractivity (Wildman–Crippen MR) is 107 cm³/mol. The van der Waals surface area contributed by atoms with Crippen LogP contribution in [0.3, 0.4) is 0 Å². The number of thiazole rings is 1. The Morgan fingerprint density at radius 2 is 1.39 bits per heavy atom. The van der Waals surface area contributed by atoms with Crippen molar-refractivity contribution in [3.8, 4) is 0 Å². The molecule has 0 fully saturated rings. The standard InChI is InChI=1S/C22H12N2O3S/c25-20-15-9-3-1-7-13(15)19(14-8-2-4-10-16(14)20)24-27-22(26)21-23-17-11-5-6-12-18(17)28-21/h1-12H. The lowest BCUT2D eigenvalue weighted by molar-refractivity contribution is 0.0517. The summed E-state index contributed by atoms with van der Waals surface area (Å²) in [5.41, 5.74) is 3.56. The molecule has 3 aromatic carbocycles. The second-order valence-corrected chi connectivity index (χ2v) is 7.26. The summed E-state index contributed by atoms with van der Waals surface area (Å²) in [6, 6.07) is 21.8. The van der Waals surface area contributed by atoms with Gasteiger partial charge >= 0.3 is 5.97 Å². The van der Waals surface area contributed by atoms with Crippen molar-refractivity contribution in [2.75, 3.05) is 0 Å². The average Bonchev–Trinajstić information content (AvgIpc) is 3.18. The van der Waals surface area contributed by atoms with Gasteiger partial charge < -0.3 is 4.84 Å². The van der Waals surface area contributed by atoms with Crippen molar-refractivity contribution in [2.45, 2.75) is 0 Å². The minimum absolute atomic E-state index is 0.0670. The molecule has 0 radical (unpaired) electrons. The van der Waals surface area contributed by atoms with E-state index in [-0.39, 0.29) is 10.8 Å². The third-order valence-corrected chi connectivity index (χ3v) is 5.56. The third-order valence-electron chi connectivity index (χ3n) is 4.54. The number of nitrogens with zero attached hydrogens (tertiary/aromatic N) is 2. The van der Waals surface area contributed by atoms with Gasteiger partial charge in [0.1, 0.15) is 5.71 Å². The normalized spacial score (nSPS) is 12.4. The minimum Gasteiger partial charge on any atom is -0.309 e. The van der Waals surface area contributed by atoms with E-state index >= 15 is 0 Å². The molecule has 28 heavy (non-hydrogen) atoms. The summed E-state index contributed by atoms with van der Waals surface area (Å²) < 4.78 is 0.904. The van der Waals surface area contributed by atoms with E-state index in [9.17, 15) is 9.59 Å². The topological polar surface area (TPSA) is 68.6 Å². The van der Waals surface area contributed by atoms with Crippen molar-refractivity contribution >= 4 is 39.0 Å². The van der Waals surface area contributed by atoms with Crippen molar-refractivity contribution in [1.29, 1.82) is 0 Å². The van der Waals surface area contributed by atoms with Crippen LogP contribution in [0.2, 0.25) is 0 Å². The van der Waals surface area contributed by atoms with Gasteiger partial charge in [-0.25, -0.2) is 9.78 Å². The van der Waals surface area contributed by atoms with E-state index in [1.54, 1.807) is 36.4 Å². The van der Waals surface area contributed by atoms with E-state index < -0.39 is 5.97 Å². The first-order chi connectivity index (χ1) is 13.7. The number of hydrogen-bond donors (Lipinski definition) is 0. The number of benzene rings is 3. The third kappa shape index (κ3) is 2.62. The highest BCUT2D eigenvalue weighted by Gasteiger charge is 2.28. The molecule has 0 unspecified atom stereocenters. The van der Waals surface area contributed by atoms with Crippen LogP contribution < -0.4 is 0 Å². The first-order valence-corrected chi connectivity index (χ1v) is 9.42. The smallest absolute Gasteiger partial charge is 0.309 e. The number of ketones is 1. The second-order valence-electron chi connectivity index (χ2n) is 6.23. The van der Waals surface area contributed by atoms with Gasteiger partial charge in [-0.05, 0) is 12.1 Å². The van der Waals surface area contributed by atoms with Gasteiger partial charge in [0.05, 0.1) is 10.2 Å². The van der Waals surface area contributed by atoms with Crippen molar-refractivity contribution < 1.29 is 14.4 Å². The van der Waals surface area contributed by atoms with E-state index in [1.807, 2.05) is 36.4 Å².